The molecule has 0 atom stereocenters. The molecule has 4 rings (SSSR count). The van der Waals surface area contributed by atoms with Gasteiger partial charge >= 0.3 is 0 Å². The third kappa shape index (κ3) is 3.60. The Hall–Kier alpha value is -2.65. The number of carbonyl (C=O) groups is 1. The molecule has 0 bridgehead atoms. The van der Waals surface area contributed by atoms with E-state index in [1.54, 1.807) is 0 Å². The molecule has 9 heteroatoms. The van der Waals surface area contributed by atoms with Gasteiger partial charge in [-0.05, 0) is 55.0 Å². The summed E-state index contributed by atoms with van der Waals surface area (Å²) in [5.41, 5.74) is 0.996. The summed E-state index contributed by atoms with van der Waals surface area (Å²) < 4.78 is 13.6. The van der Waals surface area contributed by atoms with Crippen LogP contribution < -0.4 is 14.8 Å². The highest BCUT2D eigenvalue weighted by atomic mass is 32.1. The van der Waals surface area contributed by atoms with Gasteiger partial charge in [0.15, 0.2) is 22.1 Å². The van der Waals surface area contributed by atoms with E-state index in [-0.39, 0.29) is 5.91 Å². The Bertz CT molecular complexity index is 1040. The van der Waals surface area contributed by atoms with Crippen molar-refractivity contribution in [2.75, 3.05) is 13.2 Å². The lowest BCUT2D eigenvalue weighted by atomic mass is 10.1. The van der Waals surface area contributed by atoms with E-state index in [2.05, 4.69) is 15.5 Å². The number of hydrogen-bond donors (Lipinski definition) is 2. The van der Waals surface area contributed by atoms with Crippen LogP contribution in [0.2, 0.25) is 0 Å². The normalized spacial score (nSPS) is 12.8. The average Bonchev–Trinajstić information content (AvgIpc) is 3.32. The minimum atomic E-state index is -0.139. The molecule has 0 radical (unpaired) electrons. The van der Waals surface area contributed by atoms with E-state index in [1.165, 1.54) is 11.3 Å². The Morgan fingerprint density at radius 1 is 1.30 bits per heavy atom. The first-order valence-electron chi connectivity index (χ1n) is 8.58. The van der Waals surface area contributed by atoms with Crippen molar-refractivity contribution >= 4 is 29.5 Å². The van der Waals surface area contributed by atoms with Crippen LogP contribution in [0, 0.1) is 4.77 Å². The number of amides is 1. The molecule has 0 fully saturated rings. The van der Waals surface area contributed by atoms with E-state index in [4.69, 9.17) is 21.7 Å². The zero-order chi connectivity index (χ0) is 18.8. The van der Waals surface area contributed by atoms with Gasteiger partial charge in [0, 0.05) is 11.4 Å². The second-order valence-electron chi connectivity index (χ2n) is 5.89. The largest absolute Gasteiger partial charge is 0.486 e. The van der Waals surface area contributed by atoms with Crippen molar-refractivity contribution in [2.45, 2.75) is 20.0 Å². The van der Waals surface area contributed by atoms with Gasteiger partial charge in [0.2, 0.25) is 0 Å². The number of benzene rings is 1. The number of nitrogens with one attached hydrogen (secondary N) is 2. The standard InChI is InChI=1S/C18H18N4O3S2/c1-2-22-16(20-21-18(22)26)10-19-17(23)15-6-5-14(27-15)11-3-4-12-13(9-11)25-8-7-24-12/h3-6,9H,2,7-8,10H2,1H3,(H,19,23)(H,21,26). The highest BCUT2D eigenvalue weighted by Gasteiger charge is 2.15. The SMILES string of the molecule is CCn1c(CNC(=O)c2ccc(-c3ccc4c(c3)OCCO4)s2)n[nH]c1=S. The molecule has 1 aliphatic rings. The van der Waals surface area contributed by atoms with E-state index in [0.29, 0.717) is 41.8 Å². The summed E-state index contributed by atoms with van der Waals surface area (Å²) >= 11 is 6.59. The minimum absolute atomic E-state index is 0.139. The molecule has 2 aromatic heterocycles. The first-order valence-corrected chi connectivity index (χ1v) is 9.80. The number of ether oxygens (including phenoxy) is 2. The zero-order valence-electron chi connectivity index (χ0n) is 14.7. The number of H-pyrrole nitrogens is 1. The van der Waals surface area contributed by atoms with Crippen LogP contribution in [0.1, 0.15) is 22.4 Å². The summed E-state index contributed by atoms with van der Waals surface area (Å²) in [5, 5.41) is 9.80. The van der Waals surface area contributed by atoms with Crippen molar-refractivity contribution in [1.82, 2.24) is 20.1 Å². The zero-order valence-corrected chi connectivity index (χ0v) is 16.3. The molecule has 1 aromatic carbocycles. The van der Waals surface area contributed by atoms with Crippen LogP contribution in [0.4, 0.5) is 0 Å². The molecular formula is C18H18N4O3S2. The van der Waals surface area contributed by atoms with Crippen LogP contribution in [-0.4, -0.2) is 33.9 Å². The quantitative estimate of drug-likeness (QED) is 0.640. The van der Waals surface area contributed by atoms with E-state index in [9.17, 15) is 4.79 Å². The van der Waals surface area contributed by atoms with Gasteiger partial charge in [-0.3, -0.25) is 9.89 Å². The molecule has 7 nitrogen and oxygen atoms in total. The van der Waals surface area contributed by atoms with Crippen LogP contribution in [0.3, 0.4) is 0 Å². The first kappa shape index (κ1) is 17.7. The molecule has 140 valence electrons. The second kappa shape index (κ2) is 7.53. The number of fused-ring (bicyclic) bond motifs is 1. The Morgan fingerprint density at radius 3 is 2.93 bits per heavy atom. The summed E-state index contributed by atoms with van der Waals surface area (Å²) in [5.74, 6) is 2.06. The van der Waals surface area contributed by atoms with Crippen LogP contribution >= 0.6 is 23.6 Å². The number of rotatable bonds is 5. The highest BCUT2D eigenvalue weighted by Crippen LogP contribution is 2.36. The molecule has 0 spiro atoms. The van der Waals surface area contributed by atoms with Crippen LogP contribution in [0.25, 0.3) is 10.4 Å². The Morgan fingerprint density at radius 2 is 2.11 bits per heavy atom. The number of carbonyl (C=O) groups excluding carboxylic acids is 1. The van der Waals surface area contributed by atoms with Crippen LogP contribution in [0.5, 0.6) is 11.5 Å². The molecule has 0 unspecified atom stereocenters. The maximum Gasteiger partial charge on any atom is 0.261 e. The van der Waals surface area contributed by atoms with Crippen molar-refractivity contribution in [3.8, 4) is 21.9 Å². The monoisotopic (exact) mass is 402 g/mol. The van der Waals surface area contributed by atoms with Crippen LogP contribution in [0.15, 0.2) is 30.3 Å². The van der Waals surface area contributed by atoms with Gasteiger partial charge in [0.25, 0.3) is 5.91 Å². The van der Waals surface area contributed by atoms with Gasteiger partial charge in [0.05, 0.1) is 11.4 Å². The summed E-state index contributed by atoms with van der Waals surface area (Å²) in [6.07, 6.45) is 0. The first-order chi connectivity index (χ1) is 13.2. The summed E-state index contributed by atoms with van der Waals surface area (Å²) in [4.78, 5) is 14.1. The van der Waals surface area contributed by atoms with E-state index < -0.39 is 0 Å². The van der Waals surface area contributed by atoms with Gasteiger partial charge in [-0.1, -0.05) is 0 Å². The third-order valence-corrected chi connectivity index (χ3v) is 5.66. The number of aromatic nitrogens is 3. The maximum absolute atomic E-state index is 12.5. The molecule has 0 aliphatic carbocycles. The van der Waals surface area contributed by atoms with Gasteiger partial charge in [-0.2, -0.15) is 5.10 Å². The molecule has 3 aromatic rings. The Kier molecular flexibility index (Phi) is 4.95. The van der Waals surface area contributed by atoms with Crippen molar-refractivity contribution in [3.63, 3.8) is 0 Å². The van der Waals surface area contributed by atoms with Gasteiger partial charge in [-0.25, -0.2) is 0 Å². The summed E-state index contributed by atoms with van der Waals surface area (Å²) in [7, 11) is 0. The summed E-state index contributed by atoms with van der Waals surface area (Å²) in [6.45, 7) is 4.11. The second-order valence-corrected chi connectivity index (χ2v) is 7.36. The molecular weight excluding hydrogens is 384 g/mol. The average molecular weight is 403 g/mol. The molecule has 1 aliphatic heterocycles. The van der Waals surface area contributed by atoms with E-state index >= 15 is 0 Å². The molecule has 2 N–H and O–H groups in total. The molecule has 3 heterocycles. The van der Waals surface area contributed by atoms with E-state index in [1.807, 2.05) is 41.8 Å². The fourth-order valence-corrected chi connectivity index (χ4v) is 4.07. The lowest BCUT2D eigenvalue weighted by Crippen LogP contribution is -2.23. The number of hydrogen-bond acceptors (Lipinski definition) is 6. The summed E-state index contributed by atoms with van der Waals surface area (Å²) in [6, 6.07) is 9.58. The predicted octanol–water partition coefficient (Wildman–Crippen LogP) is 3.39. The van der Waals surface area contributed by atoms with Crippen molar-refractivity contribution in [3.05, 3.63) is 45.8 Å². The maximum atomic E-state index is 12.5. The Labute approximate surface area is 164 Å². The fraction of sp³-hybridized carbons (Fsp3) is 0.278. The van der Waals surface area contributed by atoms with Gasteiger partial charge < -0.3 is 19.4 Å². The fourth-order valence-electron chi connectivity index (χ4n) is 2.87. The molecule has 27 heavy (non-hydrogen) atoms. The molecule has 0 saturated carbocycles. The lowest BCUT2D eigenvalue weighted by molar-refractivity contribution is 0.0953. The molecule has 1 amide bonds. The topological polar surface area (TPSA) is 81.2 Å². The van der Waals surface area contributed by atoms with Crippen molar-refractivity contribution in [1.29, 1.82) is 0 Å². The van der Waals surface area contributed by atoms with Crippen LogP contribution in [-0.2, 0) is 13.1 Å². The lowest BCUT2D eigenvalue weighted by Gasteiger charge is -2.18. The van der Waals surface area contributed by atoms with Crippen molar-refractivity contribution < 1.29 is 14.3 Å². The van der Waals surface area contributed by atoms with Gasteiger partial charge in [-0.15, -0.1) is 11.3 Å². The third-order valence-electron chi connectivity index (χ3n) is 4.22. The molecule has 0 saturated heterocycles. The predicted molar refractivity (Wildman–Crippen MR) is 105 cm³/mol. The number of thiophene rings is 1. The number of nitrogens with zero attached hydrogens (tertiary/aromatic N) is 2. The Balaban J connectivity index is 1.47. The van der Waals surface area contributed by atoms with Crippen molar-refractivity contribution in [2.24, 2.45) is 0 Å². The van der Waals surface area contributed by atoms with Gasteiger partial charge in [0.1, 0.15) is 13.2 Å². The highest BCUT2D eigenvalue weighted by molar-refractivity contribution is 7.71. The number of aromatic amines is 1. The van der Waals surface area contributed by atoms with E-state index in [0.717, 1.165) is 21.9 Å². The minimum Gasteiger partial charge on any atom is -0.486 e. The smallest absolute Gasteiger partial charge is 0.261 e.